The highest BCUT2D eigenvalue weighted by Crippen LogP contribution is 2.26. The third-order valence-corrected chi connectivity index (χ3v) is 4.40. The Balaban J connectivity index is 1.81. The van der Waals surface area contributed by atoms with Crippen molar-refractivity contribution in [3.05, 3.63) is 60.0 Å². The summed E-state index contributed by atoms with van der Waals surface area (Å²) in [5.74, 6) is -1.31. The van der Waals surface area contributed by atoms with E-state index in [1.807, 2.05) is 0 Å². The van der Waals surface area contributed by atoms with E-state index in [0.29, 0.717) is 5.56 Å². The molecule has 0 saturated heterocycles. The molecule has 0 saturated carbocycles. The van der Waals surface area contributed by atoms with Crippen LogP contribution in [0.3, 0.4) is 0 Å². The lowest BCUT2D eigenvalue weighted by Gasteiger charge is -2.17. The number of benzene rings is 2. The molecule has 174 valence electrons. The summed E-state index contributed by atoms with van der Waals surface area (Å²) < 4.78 is 46.0. The molecule has 2 aromatic carbocycles. The van der Waals surface area contributed by atoms with Crippen molar-refractivity contribution in [2.24, 2.45) is 0 Å². The minimum atomic E-state index is -4.82. The second-order valence-corrected chi connectivity index (χ2v) is 7.09. The maximum Gasteiger partial charge on any atom is 0.573 e. The Hall–Kier alpha value is -4.09. The molecule has 1 atom stereocenters. The lowest BCUT2D eigenvalue weighted by molar-refractivity contribution is -0.274. The van der Waals surface area contributed by atoms with Crippen LogP contribution in [0.2, 0.25) is 0 Å². The topological polar surface area (TPSA) is 118 Å². The van der Waals surface area contributed by atoms with Gasteiger partial charge in [-0.2, -0.15) is 4.98 Å². The molecule has 0 spiro atoms. The van der Waals surface area contributed by atoms with Crippen molar-refractivity contribution in [1.82, 2.24) is 20.4 Å². The number of nitrogens with zero attached hydrogens (tertiary/aromatic N) is 3. The van der Waals surface area contributed by atoms with Gasteiger partial charge in [0.25, 0.3) is 5.91 Å². The summed E-state index contributed by atoms with van der Waals surface area (Å²) in [4.78, 5) is 30.4. The lowest BCUT2D eigenvalue weighted by atomic mass is 10.1. The molecule has 2 N–H and O–H groups in total. The number of carbonyl (C=O) groups is 2. The highest BCUT2D eigenvalue weighted by atomic mass is 19.4. The number of aromatic hydroxyl groups is 1. The summed E-state index contributed by atoms with van der Waals surface area (Å²) in [5.41, 5.74) is 0.567. The first-order valence-electron chi connectivity index (χ1n) is 9.51. The van der Waals surface area contributed by atoms with Gasteiger partial charge in [-0.15, -0.1) is 13.2 Å². The Morgan fingerprint density at radius 2 is 1.76 bits per heavy atom. The first-order valence-corrected chi connectivity index (χ1v) is 9.51. The van der Waals surface area contributed by atoms with Crippen molar-refractivity contribution < 1.29 is 37.1 Å². The van der Waals surface area contributed by atoms with Crippen molar-refractivity contribution in [2.45, 2.75) is 18.8 Å². The van der Waals surface area contributed by atoms with E-state index in [9.17, 15) is 27.9 Å². The maximum atomic E-state index is 12.6. The normalized spacial score (nSPS) is 12.2. The molecule has 0 aliphatic heterocycles. The number of phenols is 1. The molecule has 1 aromatic heterocycles. The average molecular weight is 464 g/mol. The summed E-state index contributed by atoms with van der Waals surface area (Å²) in [6, 6.07) is 9.32. The number of nitrogens with one attached hydrogen (secondary N) is 1. The third-order valence-electron chi connectivity index (χ3n) is 4.40. The van der Waals surface area contributed by atoms with E-state index in [1.165, 1.54) is 41.3 Å². The third kappa shape index (κ3) is 6.45. The second kappa shape index (κ2) is 9.59. The van der Waals surface area contributed by atoms with Gasteiger partial charge in [0.15, 0.2) is 0 Å². The summed E-state index contributed by atoms with van der Waals surface area (Å²) in [7, 11) is 3.09. The van der Waals surface area contributed by atoms with Gasteiger partial charge in [0.2, 0.25) is 17.6 Å². The molecule has 0 radical (unpaired) electrons. The Kier molecular flexibility index (Phi) is 6.85. The fraction of sp³-hybridized carbons (Fsp3) is 0.238. The van der Waals surface area contributed by atoms with Crippen molar-refractivity contribution >= 4 is 11.8 Å². The summed E-state index contributed by atoms with van der Waals surface area (Å²) in [6.45, 7) is 0. The van der Waals surface area contributed by atoms with Crippen LogP contribution >= 0.6 is 0 Å². The van der Waals surface area contributed by atoms with E-state index >= 15 is 0 Å². The van der Waals surface area contributed by atoms with E-state index in [0.717, 1.165) is 12.1 Å². The van der Waals surface area contributed by atoms with E-state index in [1.54, 1.807) is 14.1 Å². The Bertz CT molecular complexity index is 1110. The van der Waals surface area contributed by atoms with Crippen LogP contribution in [0.4, 0.5) is 13.2 Å². The van der Waals surface area contributed by atoms with Crippen LogP contribution < -0.4 is 10.1 Å². The van der Waals surface area contributed by atoms with Crippen molar-refractivity contribution in [3.63, 3.8) is 0 Å². The van der Waals surface area contributed by atoms with E-state index < -0.39 is 24.1 Å². The summed E-state index contributed by atoms with van der Waals surface area (Å²) in [6.07, 6.45) is -5.00. The van der Waals surface area contributed by atoms with Crippen LogP contribution in [-0.2, 0) is 4.79 Å². The predicted octanol–water partition coefficient (Wildman–Crippen LogP) is 3.29. The molecule has 0 aliphatic rings. The monoisotopic (exact) mass is 464 g/mol. The highest BCUT2D eigenvalue weighted by molar-refractivity contribution is 5.94. The van der Waals surface area contributed by atoms with Gasteiger partial charge in [0.05, 0.1) is 6.42 Å². The second-order valence-electron chi connectivity index (χ2n) is 7.09. The molecule has 3 rings (SSSR count). The molecular formula is C21H19F3N4O5. The molecule has 0 fully saturated rings. The first kappa shape index (κ1) is 23.6. The number of amides is 2. The van der Waals surface area contributed by atoms with Crippen molar-refractivity contribution in [2.75, 3.05) is 14.1 Å². The smallest absolute Gasteiger partial charge is 0.508 e. The van der Waals surface area contributed by atoms with Gasteiger partial charge < -0.3 is 24.6 Å². The van der Waals surface area contributed by atoms with Gasteiger partial charge in [0, 0.05) is 25.2 Å². The van der Waals surface area contributed by atoms with Crippen molar-refractivity contribution in [1.29, 1.82) is 0 Å². The predicted molar refractivity (Wildman–Crippen MR) is 108 cm³/mol. The number of ether oxygens (including phenoxy) is 1. The van der Waals surface area contributed by atoms with Crippen LogP contribution in [0, 0.1) is 0 Å². The number of aromatic nitrogens is 2. The zero-order valence-corrected chi connectivity index (χ0v) is 17.5. The Morgan fingerprint density at radius 1 is 1.12 bits per heavy atom. The molecule has 12 heteroatoms. The molecule has 33 heavy (non-hydrogen) atoms. The maximum absolute atomic E-state index is 12.6. The average Bonchev–Trinajstić information content (AvgIpc) is 3.23. The van der Waals surface area contributed by atoms with E-state index in [2.05, 4.69) is 20.2 Å². The molecule has 1 heterocycles. The van der Waals surface area contributed by atoms with Crippen molar-refractivity contribution in [3.8, 4) is 22.9 Å². The minimum absolute atomic E-state index is 0.0147. The van der Waals surface area contributed by atoms with Crippen LogP contribution in [0.1, 0.15) is 28.7 Å². The quantitative estimate of drug-likeness (QED) is 0.551. The molecule has 0 bridgehead atoms. The van der Waals surface area contributed by atoms with Gasteiger partial charge in [0.1, 0.15) is 17.5 Å². The van der Waals surface area contributed by atoms with E-state index in [-0.39, 0.29) is 35.4 Å². The van der Waals surface area contributed by atoms with Gasteiger partial charge in [-0.25, -0.2) is 0 Å². The first-order chi connectivity index (χ1) is 15.5. The zero-order chi connectivity index (χ0) is 24.2. The molecular weight excluding hydrogens is 445 g/mol. The summed E-state index contributed by atoms with van der Waals surface area (Å²) >= 11 is 0. The highest BCUT2D eigenvalue weighted by Gasteiger charge is 2.31. The Labute approximate surface area is 185 Å². The number of carbonyl (C=O) groups excluding carboxylic acids is 2. The van der Waals surface area contributed by atoms with Gasteiger partial charge in [-0.1, -0.05) is 5.16 Å². The molecule has 9 nitrogen and oxygen atoms in total. The molecule has 2 amide bonds. The summed E-state index contributed by atoms with van der Waals surface area (Å²) in [5, 5.41) is 15.8. The standard InChI is InChI=1S/C21H19F3N4O5/c1-28(2)17(30)11-16(25-19(31)13-3-7-14(29)8-4-13)20-26-18(27-33-20)12-5-9-15(10-6-12)32-21(22,23)24/h3-10,16,29H,11H2,1-2H3,(H,25,31)/t16-/m0/s1. The van der Waals surface area contributed by atoms with E-state index in [4.69, 9.17) is 4.52 Å². The molecule has 0 aliphatic carbocycles. The van der Waals surface area contributed by atoms with Gasteiger partial charge >= 0.3 is 6.36 Å². The SMILES string of the molecule is CN(C)C(=O)C[C@H](NC(=O)c1ccc(O)cc1)c1nc(-c2ccc(OC(F)(F)F)cc2)no1. The van der Waals surface area contributed by atoms with Crippen LogP contribution in [0.5, 0.6) is 11.5 Å². The van der Waals surface area contributed by atoms with Gasteiger partial charge in [-0.05, 0) is 48.5 Å². The number of hydrogen-bond donors (Lipinski definition) is 2. The van der Waals surface area contributed by atoms with Crippen LogP contribution in [0.15, 0.2) is 53.1 Å². The number of rotatable bonds is 7. The van der Waals surface area contributed by atoms with Crippen LogP contribution in [-0.4, -0.2) is 52.4 Å². The minimum Gasteiger partial charge on any atom is -0.508 e. The number of hydrogen-bond acceptors (Lipinski definition) is 7. The fourth-order valence-electron chi connectivity index (χ4n) is 2.71. The number of phenolic OH excluding ortho intramolecular Hbond substituents is 1. The zero-order valence-electron chi connectivity index (χ0n) is 17.5. The lowest BCUT2D eigenvalue weighted by Crippen LogP contribution is -2.33. The van der Waals surface area contributed by atoms with Gasteiger partial charge in [-0.3, -0.25) is 9.59 Å². The number of alkyl halides is 3. The Morgan fingerprint density at radius 3 is 2.33 bits per heavy atom. The fourth-order valence-corrected chi connectivity index (χ4v) is 2.71. The van der Waals surface area contributed by atoms with Crippen LogP contribution in [0.25, 0.3) is 11.4 Å². The number of halogens is 3. The largest absolute Gasteiger partial charge is 0.573 e. The molecule has 3 aromatic rings. The molecule has 0 unspecified atom stereocenters.